The van der Waals surface area contributed by atoms with E-state index < -0.39 is 0 Å². The summed E-state index contributed by atoms with van der Waals surface area (Å²) in [6.07, 6.45) is 2.67. The van der Waals surface area contributed by atoms with Crippen LogP contribution < -0.4 is 0 Å². The zero-order valence-corrected chi connectivity index (χ0v) is 13.0. The highest BCUT2D eigenvalue weighted by molar-refractivity contribution is 6.33. The van der Waals surface area contributed by atoms with E-state index in [2.05, 4.69) is 23.4 Å². The van der Waals surface area contributed by atoms with Gasteiger partial charge in [-0.1, -0.05) is 23.7 Å². The average Bonchev–Trinajstić information content (AvgIpc) is 2.90. The van der Waals surface area contributed by atoms with Gasteiger partial charge in [0.25, 0.3) is 5.91 Å². The van der Waals surface area contributed by atoms with Crippen molar-refractivity contribution in [2.45, 2.75) is 32.9 Å². The number of rotatable bonds is 2. The largest absolute Gasteiger partial charge is 0.332 e. The number of aromatic nitrogens is 2. The van der Waals surface area contributed by atoms with Crippen molar-refractivity contribution in [2.24, 2.45) is 0 Å². The van der Waals surface area contributed by atoms with Crippen LogP contribution in [0.15, 0.2) is 30.6 Å². The van der Waals surface area contributed by atoms with Gasteiger partial charge in [0.2, 0.25) is 0 Å². The summed E-state index contributed by atoms with van der Waals surface area (Å²) in [5, 5.41) is 0.505. The molecule has 1 aromatic heterocycles. The summed E-state index contributed by atoms with van der Waals surface area (Å²) in [6.45, 7) is 5.53. The van der Waals surface area contributed by atoms with Gasteiger partial charge in [-0.15, -0.1) is 0 Å². The maximum absolute atomic E-state index is 12.6. The lowest BCUT2D eigenvalue weighted by Crippen LogP contribution is -2.37. The minimum Gasteiger partial charge on any atom is -0.332 e. The topological polar surface area (TPSA) is 38.1 Å². The van der Waals surface area contributed by atoms with Crippen LogP contribution in [0, 0.1) is 0 Å². The molecule has 1 aliphatic heterocycles. The van der Waals surface area contributed by atoms with Crippen LogP contribution in [0.2, 0.25) is 5.02 Å². The van der Waals surface area contributed by atoms with Crippen molar-refractivity contribution in [1.82, 2.24) is 14.5 Å². The maximum Gasteiger partial charge on any atom is 0.255 e. The summed E-state index contributed by atoms with van der Waals surface area (Å²) in [4.78, 5) is 19.0. The third-order valence-electron chi connectivity index (χ3n) is 3.89. The number of amides is 1. The highest BCUT2D eigenvalue weighted by Crippen LogP contribution is 2.24. The van der Waals surface area contributed by atoms with Gasteiger partial charge in [-0.25, -0.2) is 4.98 Å². The number of carbonyl (C=O) groups is 1. The predicted molar refractivity (Wildman–Crippen MR) is 82.5 cm³/mol. The Morgan fingerprint density at radius 1 is 1.33 bits per heavy atom. The molecule has 4 nitrogen and oxygen atoms in total. The van der Waals surface area contributed by atoms with Crippen molar-refractivity contribution in [3.05, 3.63) is 52.6 Å². The molecule has 0 spiro atoms. The summed E-state index contributed by atoms with van der Waals surface area (Å²) in [6, 6.07) is 7.55. The van der Waals surface area contributed by atoms with Crippen LogP contribution in [-0.4, -0.2) is 26.9 Å². The standard InChI is InChI=1S/C16H18ClN3O/c1-11(2)20-10-18-14-7-8-19(9-15(14)20)16(21)12-5-3-4-6-13(12)17/h3-6,10-11H,7-9H2,1-2H3. The van der Waals surface area contributed by atoms with E-state index in [0.717, 1.165) is 17.8 Å². The molecule has 0 N–H and O–H groups in total. The molecule has 110 valence electrons. The average molecular weight is 304 g/mol. The Morgan fingerprint density at radius 3 is 2.81 bits per heavy atom. The van der Waals surface area contributed by atoms with Crippen molar-refractivity contribution in [1.29, 1.82) is 0 Å². The van der Waals surface area contributed by atoms with E-state index in [1.807, 2.05) is 23.4 Å². The summed E-state index contributed by atoms with van der Waals surface area (Å²) in [5.41, 5.74) is 2.81. The fraction of sp³-hybridized carbons (Fsp3) is 0.375. The molecule has 0 bridgehead atoms. The van der Waals surface area contributed by atoms with Gasteiger partial charge in [-0.3, -0.25) is 4.79 Å². The fourth-order valence-corrected chi connectivity index (χ4v) is 2.95. The van der Waals surface area contributed by atoms with E-state index in [-0.39, 0.29) is 5.91 Å². The number of fused-ring (bicyclic) bond motifs is 1. The van der Waals surface area contributed by atoms with Gasteiger partial charge in [0.1, 0.15) is 0 Å². The van der Waals surface area contributed by atoms with Crippen LogP contribution in [0.1, 0.15) is 41.6 Å². The molecule has 0 unspecified atom stereocenters. The third-order valence-corrected chi connectivity index (χ3v) is 4.22. The molecule has 1 amide bonds. The SMILES string of the molecule is CC(C)n1cnc2c1CN(C(=O)c1ccccc1Cl)CC2. The second-order valence-corrected chi connectivity index (χ2v) is 6.00. The summed E-state index contributed by atoms with van der Waals surface area (Å²) in [7, 11) is 0. The molecule has 21 heavy (non-hydrogen) atoms. The van der Waals surface area contributed by atoms with Gasteiger partial charge in [-0.05, 0) is 26.0 Å². The zero-order valence-electron chi connectivity index (χ0n) is 12.2. The molecule has 0 radical (unpaired) electrons. The Hall–Kier alpha value is -1.81. The van der Waals surface area contributed by atoms with Crippen molar-refractivity contribution in [3.8, 4) is 0 Å². The van der Waals surface area contributed by atoms with Gasteiger partial charge in [-0.2, -0.15) is 0 Å². The quantitative estimate of drug-likeness (QED) is 0.853. The van der Waals surface area contributed by atoms with Crippen LogP contribution >= 0.6 is 11.6 Å². The normalized spacial score (nSPS) is 14.4. The molecule has 1 aliphatic rings. The highest BCUT2D eigenvalue weighted by Gasteiger charge is 2.26. The van der Waals surface area contributed by atoms with Crippen LogP contribution in [0.5, 0.6) is 0 Å². The maximum atomic E-state index is 12.6. The first-order valence-corrected chi connectivity index (χ1v) is 7.54. The van der Waals surface area contributed by atoms with Gasteiger partial charge in [0, 0.05) is 19.0 Å². The van der Waals surface area contributed by atoms with Crippen LogP contribution in [0.4, 0.5) is 0 Å². The second-order valence-electron chi connectivity index (χ2n) is 5.60. The van der Waals surface area contributed by atoms with E-state index >= 15 is 0 Å². The van der Waals surface area contributed by atoms with Crippen molar-refractivity contribution < 1.29 is 4.79 Å². The minimum atomic E-state index is -0.0113. The molecule has 0 fully saturated rings. The monoisotopic (exact) mass is 303 g/mol. The van der Waals surface area contributed by atoms with Gasteiger partial charge >= 0.3 is 0 Å². The molecule has 5 heteroatoms. The van der Waals surface area contributed by atoms with Crippen LogP contribution in [0.3, 0.4) is 0 Å². The third kappa shape index (κ3) is 2.56. The van der Waals surface area contributed by atoms with Crippen molar-refractivity contribution >= 4 is 17.5 Å². The Labute approximate surface area is 129 Å². The van der Waals surface area contributed by atoms with Gasteiger partial charge in [0.15, 0.2) is 0 Å². The van der Waals surface area contributed by atoms with E-state index in [0.29, 0.717) is 29.7 Å². The Bertz CT molecular complexity index is 678. The second kappa shape index (κ2) is 5.53. The number of carbonyl (C=O) groups excluding carboxylic acids is 1. The molecule has 2 aromatic rings. The Morgan fingerprint density at radius 2 is 2.10 bits per heavy atom. The number of halogens is 1. The molecule has 0 aliphatic carbocycles. The lowest BCUT2D eigenvalue weighted by molar-refractivity contribution is 0.0729. The van der Waals surface area contributed by atoms with Crippen LogP contribution in [-0.2, 0) is 13.0 Å². The van der Waals surface area contributed by atoms with Gasteiger partial charge in [0.05, 0.1) is 34.8 Å². The fourth-order valence-electron chi connectivity index (χ4n) is 2.73. The molecular weight excluding hydrogens is 286 g/mol. The Kier molecular flexibility index (Phi) is 3.72. The number of nitrogens with zero attached hydrogens (tertiary/aromatic N) is 3. The van der Waals surface area contributed by atoms with E-state index in [1.54, 1.807) is 12.1 Å². The number of hydrogen-bond acceptors (Lipinski definition) is 2. The van der Waals surface area contributed by atoms with Crippen molar-refractivity contribution in [2.75, 3.05) is 6.54 Å². The van der Waals surface area contributed by atoms with Gasteiger partial charge < -0.3 is 9.47 Å². The van der Waals surface area contributed by atoms with Crippen LogP contribution in [0.25, 0.3) is 0 Å². The first kappa shape index (κ1) is 14.1. The first-order chi connectivity index (χ1) is 10.1. The zero-order chi connectivity index (χ0) is 15.0. The summed E-state index contributed by atoms with van der Waals surface area (Å²) < 4.78 is 2.14. The molecule has 3 rings (SSSR count). The van der Waals surface area contributed by atoms with E-state index in [4.69, 9.17) is 11.6 Å². The number of benzene rings is 1. The summed E-state index contributed by atoms with van der Waals surface area (Å²) >= 11 is 6.13. The molecule has 0 atom stereocenters. The molecule has 2 heterocycles. The number of hydrogen-bond donors (Lipinski definition) is 0. The minimum absolute atomic E-state index is 0.0113. The molecule has 0 saturated heterocycles. The highest BCUT2D eigenvalue weighted by atomic mass is 35.5. The van der Waals surface area contributed by atoms with Crippen molar-refractivity contribution in [3.63, 3.8) is 0 Å². The molecule has 1 aromatic carbocycles. The molecule has 0 saturated carbocycles. The molecular formula is C16H18ClN3O. The lowest BCUT2D eigenvalue weighted by atomic mass is 10.1. The Balaban J connectivity index is 1.88. The first-order valence-electron chi connectivity index (χ1n) is 7.16. The summed E-state index contributed by atoms with van der Waals surface area (Å²) in [5.74, 6) is -0.0113. The smallest absolute Gasteiger partial charge is 0.255 e. The van der Waals surface area contributed by atoms with E-state index in [1.165, 1.54) is 0 Å². The lowest BCUT2D eigenvalue weighted by Gasteiger charge is -2.28. The van der Waals surface area contributed by atoms with E-state index in [9.17, 15) is 4.79 Å². The number of imidazole rings is 1. The predicted octanol–water partition coefficient (Wildman–Crippen LogP) is 3.32.